The Kier molecular flexibility index (Phi) is 3.99. The third kappa shape index (κ3) is 3.19. The van der Waals surface area contributed by atoms with Crippen molar-refractivity contribution in [2.45, 2.75) is 19.8 Å². The van der Waals surface area contributed by atoms with Gasteiger partial charge in [0.25, 0.3) is 0 Å². The molecule has 0 heterocycles. The van der Waals surface area contributed by atoms with Crippen molar-refractivity contribution < 1.29 is 0 Å². The summed E-state index contributed by atoms with van der Waals surface area (Å²) in [6, 6.07) is 0. The highest BCUT2D eigenvalue weighted by molar-refractivity contribution is 14.1. The predicted octanol–water partition coefficient (Wildman–Crippen LogP) is 2.15. The van der Waals surface area contributed by atoms with E-state index in [4.69, 9.17) is 0 Å². The molecule has 10 heavy (non-hydrogen) atoms. The van der Waals surface area contributed by atoms with Crippen molar-refractivity contribution in [2.24, 2.45) is 5.92 Å². The Balaban J connectivity index is 2.05. The average molecular weight is 253 g/mol. The van der Waals surface area contributed by atoms with E-state index in [1.54, 1.807) is 0 Å². The fourth-order valence-corrected chi connectivity index (χ4v) is 1.85. The fourth-order valence-electron chi connectivity index (χ4n) is 1.16. The van der Waals surface area contributed by atoms with Gasteiger partial charge in [-0.15, -0.1) is 0 Å². The summed E-state index contributed by atoms with van der Waals surface area (Å²) in [6.45, 7) is 6.14. The van der Waals surface area contributed by atoms with Crippen molar-refractivity contribution in [3.63, 3.8) is 0 Å². The lowest BCUT2D eigenvalue weighted by molar-refractivity contribution is 0.295. The van der Waals surface area contributed by atoms with Crippen molar-refractivity contribution in [2.75, 3.05) is 24.1 Å². The topological polar surface area (TPSA) is 3.24 Å². The quantitative estimate of drug-likeness (QED) is 0.536. The summed E-state index contributed by atoms with van der Waals surface area (Å²) in [5.41, 5.74) is 0. The summed E-state index contributed by atoms with van der Waals surface area (Å²) in [4.78, 5) is 2.56. The van der Waals surface area contributed by atoms with Gasteiger partial charge in [0.2, 0.25) is 0 Å². The lowest BCUT2D eigenvalue weighted by atomic mass is 10.3. The summed E-state index contributed by atoms with van der Waals surface area (Å²) in [7, 11) is 0. The van der Waals surface area contributed by atoms with Gasteiger partial charge in [0, 0.05) is 17.5 Å². The zero-order valence-electron chi connectivity index (χ0n) is 6.65. The van der Waals surface area contributed by atoms with Crippen LogP contribution in [-0.4, -0.2) is 29.0 Å². The number of alkyl halides is 1. The van der Waals surface area contributed by atoms with Crippen LogP contribution in [0.1, 0.15) is 19.8 Å². The zero-order valence-corrected chi connectivity index (χ0v) is 8.80. The van der Waals surface area contributed by atoms with Gasteiger partial charge >= 0.3 is 0 Å². The van der Waals surface area contributed by atoms with E-state index in [9.17, 15) is 0 Å². The minimum atomic E-state index is 1.06. The van der Waals surface area contributed by atoms with Crippen LogP contribution in [0.25, 0.3) is 0 Å². The largest absolute Gasteiger partial charge is 0.303 e. The Morgan fingerprint density at radius 1 is 1.50 bits per heavy atom. The molecule has 0 amide bonds. The number of nitrogens with zero attached hydrogens (tertiary/aromatic N) is 1. The molecular weight excluding hydrogens is 237 g/mol. The summed E-state index contributed by atoms with van der Waals surface area (Å²) in [5.74, 6) is 1.06. The summed E-state index contributed by atoms with van der Waals surface area (Å²) < 4.78 is 1.28. The maximum atomic E-state index is 2.56. The van der Waals surface area contributed by atoms with Gasteiger partial charge in [-0.2, -0.15) is 0 Å². The number of halogens is 1. The first-order valence-corrected chi connectivity index (χ1v) is 5.67. The summed E-state index contributed by atoms with van der Waals surface area (Å²) in [6.07, 6.45) is 2.97. The van der Waals surface area contributed by atoms with Crippen LogP contribution in [-0.2, 0) is 0 Å². The first kappa shape index (κ1) is 8.78. The predicted molar refractivity (Wildman–Crippen MR) is 53.7 cm³/mol. The van der Waals surface area contributed by atoms with E-state index in [-0.39, 0.29) is 0 Å². The molecule has 0 radical (unpaired) electrons. The molecule has 0 N–H and O–H groups in total. The summed E-state index contributed by atoms with van der Waals surface area (Å²) >= 11 is 2.45. The minimum absolute atomic E-state index is 1.06. The Labute approximate surface area is 77.3 Å². The fraction of sp³-hybridized carbons (Fsp3) is 1.00. The average Bonchev–Trinajstić information content (AvgIpc) is 2.71. The smallest absolute Gasteiger partial charge is 0.0123 e. The molecule has 0 saturated heterocycles. The molecule has 0 aromatic rings. The molecule has 0 spiro atoms. The number of rotatable bonds is 5. The van der Waals surface area contributed by atoms with Gasteiger partial charge in [0.1, 0.15) is 0 Å². The van der Waals surface area contributed by atoms with Crippen molar-refractivity contribution >= 4 is 22.6 Å². The van der Waals surface area contributed by atoms with E-state index in [1.165, 1.54) is 36.9 Å². The molecule has 1 nitrogen and oxygen atoms in total. The second-order valence-corrected chi connectivity index (χ2v) is 4.10. The lowest BCUT2D eigenvalue weighted by Gasteiger charge is -2.18. The van der Waals surface area contributed by atoms with E-state index in [2.05, 4.69) is 34.4 Å². The van der Waals surface area contributed by atoms with Crippen molar-refractivity contribution in [1.29, 1.82) is 0 Å². The molecule has 1 saturated carbocycles. The molecule has 0 atom stereocenters. The van der Waals surface area contributed by atoms with Crippen LogP contribution in [0.4, 0.5) is 0 Å². The highest BCUT2D eigenvalue weighted by Crippen LogP contribution is 2.29. The normalized spacial score (nSPS) is 18.3. The lowest BCUT2D eigenvalue weighted by Crippen LogP contribution is -2.27. The molecule has 0 aliphatic heterocycles. The van der Waals surface area contributed by atoms with Crippen LogP contribution in [0.2, 0.25) is 0 Å². The third-order valence-electron chi connectivity index (χ3n) is 2.06. The van der Waals surface area contributed by atoms with Crippen LogP contribution in [0, 0.1) is 5.92 Å². The van der Waals surface area contributed by atoms with Crippen LogP contribution < -0.4 is 0 Å². The van der Waals surface area contributed by atoms with E-state index in [0.717, 1.165) is 5.92 Å². The standard InChI is InChI=1S/C8H16IN/c1-2-10(6-5-9)7-8-3-4-8/h8H,2-7H2,1H3. The van der Waals surface area contributed by atoms with Crippen molar-refractivity contribution in [3.05, 3.63) is 0 Å². The first-order chi connectivity index (χ1) is 4.86. The minimum Gasteiger partial charge on any atom is -0.303 e. The first-order valence-electron chi connectivity index (χ1n) is 4.15. The van der Waals surface area contributed by atoms with E-state index in [1.807, 2.05) is 0 Å². The maximum Gasteiger partial charge on any atom is 0.0123 e. The molecular formula is C8H16IN. The van der Waals surface area contributed by atoms with E-state index in [0.29, 0.717) is 0 Å². The third-order valence-corrected chi connectivity index (χ3v) is 2.54. The highest BCUT2D eigenvalue weighted by Gasteiger charge is 2.22. The Bertz CT molecular complexity index is 91.3. The molecule has 1 fully saturated rings. The van der Waals surface area contributed by atoms with Crippen LogP contribution in [0.15, 0.2) is 0 Å². The number of hydrogen-bond acceptors (Lipinski definition) is 1. The van der Waals surface area contributed by atoms with Gasteiger partial charge in [-0.05, 0) is 25.3 Å². The molecule has 0 unspecified atom stereocenters. The molecule has 1 aliphatic carbocycles. The Morgan fingerprint density at radius 2 is 2.20 bits per heavy atom. The monoisotopic (exact) mass is 253 g/mol. The SMILES string of the molecule is CCN(CCI)CC1CC1. The van der Waals surface area contributed by atoms with Crippen molar-refractivity contribution in [1.82, 2.24) is 4.90 Å². The molecule has 2 heteroatoms. The second-order valence-electron chi connectivity index (χ2n) is 3.03. The van der Waals surface area contributed by atoms with E-state index < -0.39 is 0 Å². The second kappa shape index (κ2) is 4.54. The Hall–Kier alpha value is 0.690. The molecule has 0 bridgehead atoms. The summed E-state index contributed by atoms with van der Waals surface area (Å²) in [5, 5.41) is 0. The van der Waals surface area contributed by atoms with Crippen LogP contribution in [0.5, 0.6) is 0 Å². The zero-order chi connectivity index (χ0) is 7.40. The molecule has 1 aliphatic rings. The van der Waals surface area contributed by atoms with Gasteiger partial charge in [0.05, 0.1) is 0 Å². The molecule has 60 valence electrons. The van der Waals surface area contributed by atoms with E-state index >= 15 is 0 Å². The van der Waals surface area contributed by atoms with Gasteiger partial charge in [0.15, 0.2) is 0 Å². The van der Waals surface area contributed by atoms with Crippen LogP contribution in [0.3, 0.4) is 0 Å². The van der Waals surface area contributed by atoms with Gasteiger partial charge in [-0.3, -0.25) is 0 Å². The Morgan fingerprint density at radius 3 is 2.60 bits per heavy atom. The molecule has 1 rings (SSSR count). The van der Waals surface area contributed by atoms with Gasteiger partial charge in [-0.1, -0.05) is 29.5 Å². The van der Waals surface area contributed by atoms with Gasteiger partial charge < -0.3 is 4.90 Å². The van der Waals surface area contributed by atoms with Gasteiger partial charge in [-0.25, -0.2) is 0 Å². The molecule has 0 aromatic heterocycles. The maximum absolute atomic E-state index is 2.56. The number of hydrogen-bond donors (Lipinski definition) is 0. The van der Waals surface area contributed by atoms with Crippen LogP contribution >= 0.6 is 22.6 Å². The molecule has 0 aromatic carbocycles. The van der Waals surface area contributed by atoms with Crippen molar-refractivity contribution in [3.8, 4) is 0 Å². The highest BCUT2D eigenvalue weighted by atomic mass is 127.